The highest BCUT2D eigenvalue weighted by atomic mass is 16.5. The van der Waals surface area contributed by atoms with Crippen LogP contribution in [0.25, 0.3) is 0 Å². The van der Waals surface area contributed by atoms with Crippen molar-refractivity contribution in [2.24, 2.45) is 0 Å². The summed E-state index contributed by atoms with van der Waals surface area (Å²) < 4.78 is 5.41. The van der Waals surface area contributed by atoms with Gasteiger partial charge in [-0.15, -0.1) is 0 Å². The summed E-state index contributed by atoms with van der Waals surface area (Å²) in [5.74, 6) is 1.04. The van der Waals surface area contributed by atoms with Crippen molar-refractivity contribution in [3.63, 3.8) is 0 Å². The highest BCUT2D eigenvalue weighted by molar-refractivity contribution is 5.47. The Bertz CT molecular complexity index is 689. The lowest BCUT2D eigenvalue weighted by Gasteiger charge is -2.29. The first kappa shape index (κ1) is 15.5. The number of nitriles is 1. The van der Waals surface area contributed by atoms with Crippen molar-refractivity contribution in [1.82, 2.24) is 10.3 Å². The van der Waals surface area contributed by atoms with Crippen molar-refractivity contribution in [2.45, 2.75) is 13.1 Å². The Kier molecular flexibility index (Phi) is 5.20. The number of benzene rings is 1. The number of hydrogen-bond acceptors (Lipinski definition) is 5. The molecule has 1 aromatic carbocycles. The standard InChI is InChI=1S/C18H20N4O/c19-12-15-3-1-4-16(11-15)13-20-14-17-5-2-6-21-18(17)22-7-9-23-10-8-22/h1-6,11,20H,7-10,13-14H2. The van der Waals surface area contributed by atoms with Crippen LogP contribution in [0, 0.1) is 11.3 Å². The molecule has 2 heterocycles. The van der Waals surface area contributed by atoms with Gasteiger partial charge in [0.05, 0.1) is 24.8 Å². The monoisotopic (exact) mass is 308 g/mol. The van der Waals surface area contributed by atoms with E-state index in [-0.39, 0.29) is 0 Å². The van der Waals surface area contributed by atoms with Gasteiger partial charge in [-0.1, -0.05) is 18.2 Å². The average molecular weight is 308 g/mol. The first-order chi connectivity index (χ1) is 11.4. The Morgan fingerprint density at radius 2 is 2.04 bits per heavy atom. The number of nitrogens with one attached hydrogen (secondary N) is 1. The van der Waals surface area contributed by atoms with Gasteiger partial charge in [-0.3, -0.25) is 0 Å². The number of ether oxygens (including phenoxy) is 1. The number of pyridine rings is 1. The fourth-order valence-electron chi connectivity index (χ4n) is 2.72. The molecule has 2 aromatic rings. The molecule has 1 aliphatic heterocycles. The van der Waals surface area contributed by atoms with Crippen LogP contribution in [0.2, 0.25) is 0 Å². The van der Waals surface area contributed by atoms with Gasteiger partial charge in [0.1, 0.15) is 5.82 Å². The first-order valence-corrected chi connectivity index (χ1v) is 7.83. The van der Waals surface area contributed by atoms with Crippen molar-refractivity contribution in [1.29, 1.82) is 5.26 Å². The van der Waals surface area contributed by atoms with Gasteiger partial charge in [-0.2, -0.15) is 5.26 Å². The molecule has 0 atom stereocenters. The van der Waals surface area contributed by atoms with E-state index in [1.165, 1.54) is 5.56 Å². The maximum absolute atomic E-state index is 8.95. The Morgan fingerprint density at radius 3 is 2.87 bits per heavy atom. The molecule has 23 heavy (non-hydrogen) atoms. The second kappa shape index (κ2) is 7.73. The van der Waals surface area contributed by atoms with Crippen LogP contribution in [0.4, 0.5) is 5.82 Å². The lowest BCUT2D eigenvalue weighted by Crippen LogP contribution is -2.37. The number of rotatable bonds is 5. The predicted octanol–water partition coefficient (Wildman–Crippen LogP) is 2.08. The van der Waals surface area contributed by atoms with E-state index < -0.39 is 0 Å². The summed E-state index contributed by atoms with van der Waals surface area (Å²) in [7, 11) is 0. The minimum Gasteiger partial charge on any atom is -0.378 e. The molecule has 0 saturated carbocycles. The SMILES string of the molecule is N#Cc1cccc(CNCc2cccnc2N2CCOCC2)c1. The highest BCUT2D eigenvalue weighted by Crippen LogP contribution is 2.18. The zero-order valence-corrected chi connectivity index (χ0v) is 13.0. The minimum absolute atomic E-state index is 0.694. The van der Waals surface area contributed by atoms with Crippen molar-refractivity contribution in [2.75, 3.05) is 31.2 Å². The summed E-state index contributed by atoms with van der Waals surface area (Å²) >= 11 is 0. The van der Waals surface area contributed by atoms with Gasteiger partial charge in [0, 0.05) is 37.9 Å². The normalized spacial score (nSPS) is 14.5. The van der Waals surface area contributed by atoms with Crippen LogP contribution in [-0.4, -0.2) is 31.3 Å². The van der Waals surface area contributed by atoms with Gasteiger partial charge in [-0.05, 0) is 23.8 Å². The molecule has 0 unspecified atom stereocenters. The number of nitrogens with zero attached hydrogens (tertiary/aromatic N) is 3. The Hall–Kier alpha value is -2.42. The summed E-state index contributed by atoms with van der Waals surface area (Å²) in [4.78, 5) is 6.82. The highest BCUT2D eigenvalue weighted by Gasteiger charge is 2.15. The third-order valence-electron chi connectivity index (χ3n) is 3.88. The van der Waals surface area contributed by atoms with Gasteiger partial charge in [-0.25, -0.2) is 4.98 Å². The Morgan fingerprint density at radius 1 is 1.17 bits per heavy atom. The Labute approximate surface area is 136 Å². The first-order valence-electron chi connectivity index (χ1n) is 7.83. The van der Waals surface area contributed by atoms with Gasteiger partial charge >= 0.3 is 0 Å². The summed E-state index contributed by atoms with van der Waals surface area (Å²) in [5, 5.41) is 12.4. The van der Waals surface area contributed by atoms with Crippen LogP contribution in [0.15, 0.2) is 42.6 Å². The molecule has 1 N–H and O–H groups in total. The molecule has 0 aliphatic carbocycles. The predicted molar refractivity (Wildman–Crippen MR) is 89.0 cm³/mol. The van der Waals surface area contributed by atoms with E-state index >= 15 is 0 Å². The maximum atomic E-state index is 8.95. The van der Waals surface area contributed by atoms with E-state index in [1.54, 1.807) is 0 Å². The van der Waals surface area contributed by atoms with E-state index in [4.69, 9.17) is 10.00 Å². The zero-order chi connectivity index (χ0) is 15.9. The molecule has 5 nitrogen and oxygen atoms in total. The molecule has 1 fully saturated rings. The maximum Gasteiger partial charge on any atom is 0.133 e. The van der Waals surface area contributed by atoms with Gasteiger partial charge < -0.3 is 15.0 Å². The summed E-state index contributed by atoms with van der Waals surface area (Å²) in [6.07, 6.45) is 1.84. The molecule has 1 saturated heterocycles. The van der Waals surface area contributed by atoms with E-state index in [0.717, 1.165) is 50.8 Å². The summed E-state index contributed by atoms with van der Waals surface area (Å²) in [5.41, 5.74) is 2.99. The van der Waals surface area contributed by atoms with Crippen molar-refractivity contribution in [3.8, 4) is 6.07 Å². The molecule has 3 rings (SSSR count). The second-order valence-electron chi connectivity index (χ2n) is 5.50. The van der Waals surface area contributed by atoms with Gasteiger partial charge in [0.15, 0.2) is 0 Å². The number of anilines is 1. The quantitative estimate of drug-likeness (QED) is 0.916. The van der Waals surface area contributed by atoms with Crippen molar-refractivity contribution >= 4 is 5.82 Å². The molecular weight excluding hydrogens is 288 g/mol. The third-order valence-corrected chi connectivity index (χ3v) is 3.88. The molecule has 0 radical (unpaired) electrons. The van der Waals surface area contributed by atoms with E-state index in [2.05, 4.69) is 27.3 Å². The van der Waals surface area contributed by atoms with Gasteiger partial charge in [0.2, 0.25) is 0 Å². The molecule has 0 bridgehead atoms. The molecule has 1 aliphatic rings. The number of hydrogen-bond donors (Lipinski definition) is 1. The van der Waals surface area contributed by atoms with Crippen LogP contribution in [0.1, 0.15) is 16.7 Å². The van der Waals surface area contributed by atoms with Crippen LogP contribution in [0.3, 0.4) is 0 Å². The zero-order valence-electron chi connectivity index (χ0n) is 13.0. The van der Waals surface area contributed by atoms with Crippen molar-refractivity contribution < 1.29 is 4.74 Å². The lowest BCUT2D eigenvalue weighted by atomic mass is 10.1. The van der Waals surface area contributed by atoms with E-state index in [9.17, 15) is 0 Å². The van der Waals surface area contributed by atoms with E-state index in [1.807, 2.05) is 36.5 Å². The molecule has 0 spiro atoms. The average Bonchev–Trinajstić information content (AvgIpc) is 2.63. The fourth-order valence-corrected chi connectivity index (χ4v) is 2.72. The minimum atomic E-state index is 0.694. The van der Waals surface area contributed by atoms with Crippen LogP contribution in [0.5, 0.6) is 0 Å². The molecular formula is C18H20N4O. The smallest absolute Gasteiger partial charge is 0.133 e. The third kappa shape index (κ3) is 4.07. The number of aromatic nitrogens is 1. The van der Waals surface area contributed by atoms with Gasteiger partial charge in [0.25, 0.3) is 0 Å². The Balaban J connectivity index is 1.63. The van der Waals surface area contributed by atoms with Crippen LogP contribution >= 0.6 is 0 Å². The summed E-state index contributed by atoms with van der Waals surface area (Å²) in [6, 6.07) is 13.9. The molecule has 118 valence electrons. The topological polar surface area (TPSA) is 61.2 Å². The molecule has 0 amide bonds. The number of morpholine rings is 1. The second-order valence-corrected chi connectivity index (χ2v) is 5.50. The lowest BCUT2D eigenvalue weighted by molar-refractivity contribution is 0.122. The van der Waals surface area contributed by atoms with E-state index in [0.29, 0.717) is 5.56 Å². The fraction of sp³-hybridized carbons (Fsp3) is 0.333. The largest absolute Gasteiger partial charge is 0.378 e. The molecule has 1 aromatic heterocycles. The summed E-state index contributed by atoms with van der Waals surface area (Å²) in [6.45, 7) is 4.75. The van der Waals surface area contributed by atoms with Crippen LogP contribution in [-0.2, 0) is 17.8 Å². The molecule has 5 heteroatoms. The van der Waals surface area contributed by atoms with Crippen LogP contribution < -0.4 is 10.2 Å². The van der Waals surface area contributed by atoms with Crippen molar-refractivity contribution in [3.05, 3.63) is 59.3 Å².